The van der Waals surface area contributed by atoms with Crippen molar-refractivity contribution in [1.29, 1.82) is 0 Å². The Morgan fingerprint density at radius 3 is 2.05 bits per heavy atom. The molecule has 0 aliphatic heterocycles. The Kier molecular flexibility index (Phi) is 5.02. The third-order valence-electron chi connectivity index (χ3n) is 2.77. The first-order valence-corrected chi connectivity index (χ1v) is 7.16. The fourth-order valence-electron chi connectivity index (χ4n) is 1.58. The summed E-state index contributed by atoms with van der Waals surface area (Å²) in [5, 5.41) is 0. The predicted octanol–water partition coefficient (Wildman–Crippen LogP) is 4.89. The van der Waals surface area contributed by atoms with Crippen molar-refractivity contribution in [2.75, 3.05) is 0 Å². The van der Waals surface area contributed by atoms with Crippen LogP contribution in [0.2, 0.25) is 0 Å². The van der Waals surface area contributed by atoms with Gasteiger partial charge in [-0.15, -0.1) is 0 Å². The number of hydrogen-bond donors (Lipinski definition) is 0. The number of rotatable bonds is 4. The van der Waals surface area contributed by atoms with Crippen LogP contribution < -0.4 is 0 Å². The molecule has 102 valence electrons. The lowest BCUT2D eigenvalue weighted by molar-refractivity contribution is 0.0624. The van der Waals surface area contributed by atoms with E-state index in [1.165, 1.54) is 0 Å². The van der Waals surface area contributed by atoms with Gasteiger partial charge in [0, 0.05) is 9.80 Å². The zero-order valence-corrected chi connectivity index (χ0v) is 12.3. The monoisotopic (exact) mass is 284 g/mol. The minimum atomic E-state index is -0.323. The molecule has 0 amide bonds. The molecule has 0 unspecified atom stereocenters. The number of thioether (sulfide) groups is 1. The average Bonchev–Trinajstić information content (AvgIpc) is 2.49. The van der Waals surface area contributed by atoms with E-state index in [2.05, 4.69) is 0 Å². The standard InChI is InChI=1S/C17H16O2S/c1-13(14(2)20-16-11-7-4-8-12-16)19-17(18)15-9-5-3-6-10-15/h3-12H,1-2H3/b14-13+. The van der Waals surface area contributed by atoms with Crippen molar-refractivity contribution in [3.63, 3.8) is 0 Å². The molecule has 0 atom stereocenters. The first kappa shape index (κ1) is 14.4. The Balaban J connectivity index is 2.05. The maximum absolute atomic E-state index is 11.9. The molecule has 3 heteroatoms. The van der Waals surface area contributed by atoms with Gasteiger partial charge in [0.1, 0.15) is 5.76 Å². The Labute approximate surface area is 123 Å². The molecule has 0 N–H and O–H groups in total. The second kappa shape index (κ2) is 6.96. The molecule has 0 aliphatic rings. The van der Waals surface area contributed by atoms with E-state index in [1.807, 2.05) is 62.4 Å². The molecule has 0 saturated carbocycles. The van der Waals surface area contributed by atoms with E-state index in [9.17, 15) is 4.79 Å². The van der Waals surface area contributed by atoms with Crippen molar-refractivity contribution in [2.24, 2.45) is 0 Å². The molecule has 2 nitrogen and oxygen atoms in total. The van der Waals surface area contributed by atoms with Gasteiger partial charge in [-0.25, -0.2) is 4.79 Å². The van der Waals surface area contributed by atoms with E-state index in [0.29, 0.717) is 11.3 Å². The third kappa shape index (κ3) is 4.00. The second-order valence-electron chi connectivity index (χ2n) is 4.28. The van der Waals surface area contributed by atoms with Gasteiger partial charge in [0.15, 0.2) is 0 Å². The third-order valence-corrected chi connectivity index (χ3v) is 3.87. The number of esters is 1. The summed E-state index contributed by atoms with van der Waals surface area (Å²) in [4.78, 5) is 14.0. The summed E-state index contributed by atoms with van der Waals surface area (Å²) in [5.74, 6) is 0.309. The summed E-state index contributed by atoms with van der Waals surface area (Å²) in [6, 6.07) is 19.0. The Bertz CT molecular complexity index is 603. The van der Waals surface area contributed by atoms with Gasteiger partial charge in [-0.3, -0.25) is 0 Å². The van der Waals surface area contributed by atoms with E-state index in [0.717, 1.165) is 9.80 Å². The molecule has 20 heavy (non-hydrogen) atoms. The van der Waals surface area contributed by atoms with Gasteiger partial charge in [0.25, 0.3) is 0 Å². The summed E-state index contributed by atoms with van der Waals surface area (Å²) in [6.45, 7) is 3.76. The first-order valence-electron chi connectivity index (χ1n) is 6.34. The van der Waals surface area contributed by atoms with E-state index in [-0.39, 0.29) is 5.97 Å². The Morgan fingerprint density at radius 2 is 1.45 bits per heavy atom. The molecule has 0 aromatic heterocycles. The largest absolute Gasteiger partial charge is 0.427 e. The van der Waals surface area contributed by atoms with Crippen molar-refractivity contribution < 1.29 is 9.53 Å². The van der Waals surface area contributed by atoms with Crippen LogP contribution in [0.4, 0.5) is 0 Å². The molecule has 2 aromatic carbocycles. The van der Waals surface area contributed by atoms with Gasteiger partial charge in [-0.2, -0.15) is 0 Å². The van der Waals surface area contributed by atoms with Crippen LogP contribution in [0.25, 0.3) is 0 Å². The highest BCUT2D eigenvalue weighted by atomic mass is 32.2. The van der Waals surface area contributed by atoms with Gasteiger partial charge in [0.05, 0.1) is 5.56 Å². The molecular weight excluding hydrogens is 268 g/mol. The SMILES string of the molecule is C/C(OC(=O)c1ccccc1)=C(/C)Sc1ccccc1. The first-order chi connectivity index (χ1) is 9.66. The molecular formula is C17H16O2S. The summed E-state index contributed by atoms with van der Waals surface area (Å²) in [7, 11) is 0. The summed E-state index contributed by atoms with van der Waals surface area (Å²) < 4.78 is 5.39. The fourth-order valence-corrected chi connectivity index (χ4v) is 2.41. The lowest BCUT2D eigenvalue weighted by Gasteiger charge is -2.08. The predicted molar refractivity (Wildman–Crippen MR) is 82.5 cm³/mol. The Hall–Kier alpha value is -2.00. The van der Waals surface area contributed by atoms with E-state index in [4.69, 9.17) is 4.74 Å². The van der Waals surface area contributed by atoms with E-state index >= 15 is 0 Å². The van der Waals surface area contributed by atoms with E-state index in [1.54, 1.807) is 23.9 Å². The molecule has 0 radical (unpaired) electrons. The van der Waals surface area contributed by atoms with Gasteiger partial charge in [-0.1, -0.05) is 48.2 Å². The van der Waals surface area contributed by atoms with E-state index < -0.39 is 0 Å². The lowest BCUT2D eigenvalue weighted by Crippen LogP contribution is -2.04. The minimum Gasteiger partial charge on any atom is -0.427 e. The van der Waals surface area contributed by atoms with Crippen molar-refractivity contribution in [2.45, 2.75) is 18.7 Å². The summed E-state index contributed by atoms with van der Waals surface area (Å²) in [6.07, 6.45) is 0. The number of hydrogen-bond acceptors (Lipinski definition) is 3. The molecule has 0 heterocycles. The zero-order chi connectivity index (χ0) is 14.4. The highest BCUT2D eigenvalue weighted by Crippen LogP contribution is 2.28. The van der Waals surface area contributed by atoms with Crippen LogP contribution in [0.5, 0.6) is 0 Å². The van der Waals surface area contributed by atoms with Crippen LogP contribution in [-0.4, -0.2) is 5.97 Å². The minimum absolute atomic E-state index is 0.323. The maximum Gasteiger partial charge on any atom is 0.343 e. The number of carbonyl (C=O) groups is 1. The van der Waals surface area contributed by atoms with Crippen LogP contribution in [-0.2, 0) is 4.74 Å². The molecule has 0 fully saturated rings. The van der Waals surface area contributed by atoms with Crippen molar-refractivity contribution in [3.8, 4) is 0 Å². The van der Waals surface area contributed by atoms with Gasteiger partial charge < -0.3 is 4.74 Å². The molecule has 0 aliphatic carbocycles. The van der Waals surface area contributed by atoms with Crippen LogP contribution in [0, 0.1) is 0 Å². The number of benzene rings is 2. The second-order valence-corrected chi connectivity index (χ2v) is 5.57. The summed E-state index contributed by atoms with van der Waals surface area (Å²) >= 11 is 1.59. The van der Waals surface area contributed by atoms with Gasteiger partial charge in [0.2, 0.25) is 0 Å². The molecule has 2 rings (SSSR count). The average molecular weight is 284 g/mol. The summed E-state index contributed by atoms with van der Waals surface area (Å²) in [5.41, 5.74) is 0.560. The van der Waals surface area contributed by atoms with Crippen LogP contribution in [0.3, 0.4) is 0 Å². The maximum atomic E-state index is 11.9. The van der Waals surface area contributed by atoms with Crippen LogP contribution in [0.15, 0.2) is 76.2 Å². The van der Waals surface area contributed by atoms with Crippen LogP contribution >= 0.6 is 11.8 Å². The number of allylic oxidation sites excluding steroid dienone is 2. The molecule has 0 spiro atoms. The quantitative estimate of drug-likeness (QED) is 0.454. The smallest absolute Gasteiger partial charge is 0.343 e. The van der Waals surface area contributed by atoms with Crippen molar-refractivity contribution >= 4 is 17.7 Å². The number of ether oxygens (including phenoxy) is 1. The van der Waals surface area contributed by atoms with Crippen LogP contribution in [0.1, 0.15) is 24.2 Å². The van der Waals surface area contributed by atoms with Crippen molar-refractivity contribution in [3.05, 3.63) is 76.9 Å². The molecule has 0 bridgehead atoms. The molecule has 0 saturated heterocycles. The normalized spacial score (nSPS) is 11.7. The topological polar surface area (TPSA) is 26.3 Å². The fraction of sp³-hybridized carbons (Fsp3) is 0.118. The zero-order valence-electron chi connectivity index (χ0n) is 11.5. The van der Waals surface area contributed by atoms with Gasteiger partial charge >= 0.3 is 5.97 Å². The highest BCUT2D eigenvalue weighted by molar-refractivity contribution is 8.03. The van der Waals surface area contributed by atoms with Gasteiger partial charge in [-0.05, 0) is 38.1 Å². The lowest BCUT2D eigenvalue weighted by atomic mass is 10.2. The Morgan fingerprint density at radius 1 is 0.900 bits per heavy atom. The highest BCUT2D eigenvalue weighted by Gasteiger charge is 2.09. The van der Waals surface area contributed by atoms with Crippen molar-refractivity contribution in [1.82, 2.24) is 0 Å². The number of carbonyl (C=O) groups excluding carboxylic acids is 1. The molecule has 2 aromatic rings.